The van der Waals surface area contributed by atoms with Crippen molar-refractivity contribution in [1.82, 2.24) is 10.2 Å². The molecule has 0 unspecified atom stereocenters. The van der Waals surface area contributed by atoms with Gasteiger partial charge in [-0.2, -0.15) is 17.7 Å². The molecular weight excluding hydrogens is 1030 g/mol. The molecule has 1 fully saturated rings. The van der Waals surface area contributed by atoms with Crippen LogP contribution in [-0.2, 0) is 35.3 Å². The maximum Gasteiger partial charge on any atom is 0.490 e. The largest absolute Gasteiger partial charge is 0.748 e. The number of alkyl halides is 3. The Hall–Kier alpha value is -6.89. The second-order valence-electron chi connectivity index (χ2n) is 21.6. The number of carbonyl (C=O) groups excluding carboxylic acids is 3. The fourth-order valence-corrected chi connectivity index (χ4v) is 11.8. The van der Waals surface area contributed by atoms with Gasteiger partial charge in [0.15, 0.2) is 5.71 Å². The summed E-state index contributed by atoms with van der Waals surface area (Å²) in [6.07, 6.45) is 15.0. The quantitative estimate of drug-likeness (QED) is 0.0314. The number of para-hydroxylation sites is 5. The minimum absolute atomic E-state index is 0.0463. The zero-order valence-electron chi connectivity index (χ0n) is 45.6. The highest BCUT2D eigenvalue weighted by Crippen LogP contribution is 2.48. The van der Waals surface area contributed by atoms with E-state index in [4.69, 9.17) is 9.90 Å². The molecule has 4 aliphatic heterocycles. The lowest BCUT2D eigenvalue weighted by Crippen LogP contribution is -2.42. The van der Waals surface area contributed by atoms with Gasteiger partial charge in [0.25, 0.3) is 5.91 Å². The zero-order chi connectivity index (χ0) is 57.0. The first-order valence-corrected chi connectivity index (χ1v) is 28.9. The summed E-state index contributed by atoms with van der Waals surface area (Å²) in [5, 5.41) is 13.3. The molecule has 79 heavy (non-hydrogen) atoms. The van der Waals surface area contributed by atoms with Crippen molar-refractivity contribution in [2.24, 2.45) is 5.92 Å². The van der Waals surface area contributed by atoms with E-state index in [1.807, 2.05) is 48.5 Å². The van der Waals surface area contributed by atoms with Crippen LogP contribution in [0.25, 0.3) is 0 Å². The number of allylic oxidation sites excluding steroid dienone is 6. The van der Waals surface area contributed by atoms with Crippen molar-refractivity contribution >= 4 is 68.0 Å². The third kappa shape index (κ3) is 15.3. The van der Waals surface area contributed by atoms with Gasteiger partial charge in [0.05, 0.1) is 44.7 Å². The lowest BCUT2D eigenvalue weighted by molar-refractivity contribution is -0.438. The summed E-state index contributed by atoms with van der Waals surface area (Å²) in [7, 11) is -4.24. The summed E-state index contributed by atoms with van der Waals surface area (Å²) in [5.41, 5.74) is 9.23. The van der Waals surface area contributed by atoms with Crippen LogP contribution in [0.2, 0.25) is 0 Å². The van der Waals surface area contributed by atoms with Crippen molar-refractivity contribution in [2.45, 2.75) is 115 Å². The van der Waals surface area contributed by atoms with Crippen molar-refractivity contribution in [3.8, 4) is 0 Å². The maximum atomic E-state index is 13.9. The molecule has 0 atom stereocenters. The van der Waals surface area contributed by atoms with E-state index in [0.29, 0.717) is 67.4 Å². The fraction of sp³-hybridized carbons (Fsp3) is 0.426. The molecule has 0 saturated carbocycles. The molecule has 8 rings (SSSR count). The van der Waals surface area contributed by atoms with Crippen molar-refractivity contribution in [3.63, 3.8) is 0 Å². The minimum atomic E-state index is -5.08. The number of amides is 3. The number of carboxylic acid groups (broad SMARTS) is 1. The van der Waals surface area contributed by atoms with Crippen LogP contribution in [0, 0.1) is 5.92 Å². The van der Waals surface area contributed by atoms with Crippen molar-refractivity contribution < 1.29 is 55.0 Å². The van der Waals surface area contributed by atoms with E-state index in [9.17, 15) is 40.5 Å². The number of carboxylic acids is 1. The number of benzene rings is 4. The fourth-order valence-electron chi connectivity index (χ4n) is 11.2. The number of halogens is 3. The second kappa shape index (κ2) is 26.4. The number of aliphatic carboxylic acids is 1. The summed E-state index contributed by atoms with van der Waals surface area (Å²) in [4.78, 5) is 54.9. The number of likely N-dealkylation sites (tertiary alicyclic amines) is 1. The Bertz CT molecular complexity index is 3090. The maximum absolute atomic E-state index is 13.9. The first-order chi connectivity index (χ1) is 37.6. The summed E-state index contributed by atoms with van der Waals surface area (Å²) in [6, 6.07) is 31.7. The van der Waals surface area contributed by atoms with Gasteiger partial charge in [-0.05, 0) is 120 Å². The Morgan fingerprint density at radius 1 is 0.785 bits per heavy atom. The van der Waals surface area contributed by atoms with Crippen molar-refractivity contribution in [1.29, 1.82) is 0 Å². The zero-order valence-corrected chi connectivity index (χ0v) is 46.4. The van der Waals surface area contributed by atoms with Crippen LogP contribution in [0.3, 0.4) is 0 Å². The number of carbonyl (C=O) groups is 4. The number of hydrogen-bond donors (Lipinski definition) is 3. The SMILES string of the molecule is CC1(C)C(/C=C/C=C/C=C2\N(CCCCS(=O)(=O)[O-])c3ccccc3C2(C)C)=[N+](CCCCCC(=O)NCCCCC2CCN(CC(=O)N3c4ccccc4NC(=O)c4ccccc43)CC2)c2ccccc21.O=C(O)C(F)(F)F. The molecule has 1 saturated heterocycles. The Labute approximate surface area is 462 Å². The Morgan fingerprint density at radius 3 is 2.14 bits per heavy atom. The number of rotatable bonds is 21. The second-order valence-corrected chi connectivity index (χ2v) is 23.2. The molecule has 3 N–H and O–H groups in total. The van der Waals surface area contributed by atoms with Gasteiger partial charge < -0.3 is 25.2 Å². The van der Waals surface area contributed by atoms with Crippen LogP contribution in [0.15, 0.2) is 133 Å². The van der Waals surface area contributed by atoms with Gasteiger partial charge in [0.2, 0.25) is 17.5 Å². The average molecular weight is 1110 g/mol. The van der Waals surface area contributed by atoms with Gasteiger partial charge in [0, 0.05) is 66.2 Å². The highest BCUT2D eigenvalue weighted by molar-refractivity contribution is 7.85. The number of nitrogens with zero attached hydrogens (tertiary/aromatic N) is 4. The highest BCUT2D eigenvalue weighted by atomic mass is 32.2. The van der Waals surface area contributed by atoms with Gasteiger partial charge in [-0.1, -0.05) is 106 Å². The molecule has 422 valence electrons. The molecule has 4 aromatic rings. The molecule has 0 radical (unpaired) electrons. The van der Waals surface area contributed by atoms with Gasteiger partial charge in [0.1, 0.15) is 6.54 Å². The van der Waals surface area contributed by atoms with Crippen LogP contribution in [0.4, 0.5) is 41.6 Å². The van der Waals surface area contributed by atoms with Crippen LogP contribution in [0.5, 0.6) is 0 Å². The molecule has 4 aliphatic rings. The van der Waals surface area contributed by atoms with Crippen molar-refractivity contribution in [3.05, 3.63) is 150 Å². The lowest BCUT2D eigenvalue weighted by atomic mass is 9.81. The van der Waals surface area contributed by atoms with Crippen LogP contribution >= 0.6 is 0 Å². The molecule has 4 aromatic carbocycles. The van der Waals surface area contributed by atoms with Crippen LogP contribution in [0.1, 0.15) is 120 Å². The molecule has 0 aromatic heterocycles. The van der Waals surface area contributed by atoms with E-state index < -0.39 is 22.3 Å². The molecule has 3 amide bonds. The van der Waals surface area contributed by atoms with Gasteiger partial charge in [-0.15, -0.1) is 0 Å². The number of nitrogens with one attached hydrogen (secondary N) is 2. The molecule has 0 aliphatic carbocycles. The average Bonchev–Trinajstić information content (AvgIpc) is 3.89. The monoisotopic (exact) mass is 1110 g/mol. The molecule has 0 spiro atoms. The number of unbranched alkanes of at least 4 members (excludes halogenated alkanes) is 4. The number of anilines is 4. The number of fused-ring (bicyclic) bond motifs is 4. The highest BCUT2D eigenvalue weighted by Gasteiger charge is 2.44. The molecular formula is C61H73F3N6O8S. The molecule has 0 bridgehead atoms. The standard InChI is InChI=1S/C59H72N6O6S.C2HF3O2/c1-58(2)46-25-11-15-29-50(46)63(53(58)32-7-5-8-33-54-59(3,4)47-26-12-16-30-51(47)64(54)39-21-22-42-72(69,70)71)38-20-6-9-34-55(66)60-37-19-18-23-44-35-40-62(41-36-44)43-56(67)65-49-28-14-10-24-45(49)57(68)61-48-27-13-17-31-52(48)65;3-2(4,5)1(6)7/h5,7-8,10-17,24-33,44H,6,9,18-23,34-43H2,1-4H3,(H2-,60,61,66,68,69,70,71);(H,6,7). The Morgan fingerprint density at radius 2 is 1.43 bits per heavy atom. The van der Waals surface area contributed by atoms with Crippen LogP contribution < -0.4 is 20.4 Å². The molecule has 14 nitrogen and oxygen atoms in total. The van der Waals surface area contributed by atoms with E-state index in [-0.39, 0.29) is 34.3 Å². The Balaban J connectivity index is 0.00000121. The van der Waals surface area contributed by atoms with E-state index >= 15 is 0 Å². The molecule has 4 heterocycles. The minimum Gasteiger partial charge on any atom is -0.748 e. The Kier molecular flexibility index (Phi) is 20.0. The van der Waals surface area contributed by atoms with Gasteiger partial charge in [-0.25, -0.2) is 13.2 Å². The van der Waals surface area contributed by atoms with E-state index in [1.165, 1.54) is 22.5 Å². The third-order valence-corrected chi connectivity index (χ3v) is 16.1. The number of piperidine rings is 1. The smallest absolute Gasteiger partial charge is 0.490 e. The lowest BCUT2D eigenvalue weighted by Gasteiger charge is -2.33. The first-order valence-electron chi connectivity index (χ1n) is 27.3. The van der Waals surface area contributed by atoms with E-state index in [1.54, 1.807) is 11.0 Å². The first kappa shape index (κ1) is 59.8. The summed E-state index contributed by atoms with van der Waals surface area (Å²) >= 11 is 0. The molecule has 18 heteroatoms. The van der Waals surface area contributed by atoms with E-state index in [0.717, 1.165) is 82.4 Å². The van der Waals surface area contributed by atoms with Crippen molar-refractivity contribution in [2.75, 3.05) is 60.1 Å². The van der Waals surface area contributed by atoms with E-state index in [2.05, 4.69) is 126 Å². The third-order valence-electron chi connectivity index (χ3n) is 15.3. The predicted molar refractivity (Wildman–Crippen MR) is 302 cm³/mol. The van der Waals surface area contributed by atoms with Crippen LogP contribution in [-0.4, -0.2) is 108 Å². The summed E-state index contributed by atoms with van der Waals surface area (Å²) in [6.45, 7) is 13.2. The van der Waals surface area contributed by atoms with Gasteiger partial charge >= 0.3 is 12.1 Å². The summed E-state index contributed by atoms with van der Waals surface area (Å²) < 4.78 is 67.9. The number of hydrogen-bond acceptors (Lipinski definition) is 9. The summed E-state index contributed by atoms with van der Waals surface area (Å²) in [5.74, 6) is -2.64. The normalized spacial score (nSPS) is 17.5. The van der Waals surface area contributed by atoms with Gasteiger partial charge in [-0.3, -0.25) is 24.2 Å². The topological polar surface area (TPSA) is 182 Å². The predicted octanol–water partition coefficient (Wildman–Crippen LogP) is 11.3.